The SMILES string of the molecule is [Cl-].[Mg+2].[c-]1ccc(C2OCCCO2)cc1. The summed E-state index contributed by atoms with van der Waals surface area (Å²) < 4.78 is 10.9. The van der Waals surface area contributed by atoms with Gasteiger partial charge < -0.3 is 21.9 Å². The van der Waals surface area contributed by atoms with Gasteiger partial charge in [-0.1, -0.05) is 0 Å². The molecule has 2 nitrogen and oxygen atoms in total. The minimum absolute atomic E-state index is 0. The molecule has 1 aliphatic rings. The fourth-order valence-electron chi connectivity index (χ4n) is 1.24. The van der Waals surface area contributed by atoms with E-state index < -0.39 is 0 Å². The van der Waals surface area contributed by atoms with E-state index in [1.807, 2.05) is 24.3 Å². The van der Waals surface area contributed by atoms with Gasteiger partial charge in [0.05, 0.1) is 13.2 Å². The fourth-order valence-corrected chi connectivity index (χ4v) is 1.24. The summed E-state index contributed by atoms with van der Waals surface area (Å²) in [5.74, 6) is 0. The Morgan fingerprint density at radius 2 is 1.71 bits per heavy atom. The van der Waals surface area contributed by atoms with E-state index in [2.05, 4.69) is 6.07 Å². The minimum Gasteiger partial charge on any atom is -1.00 e. The third-order valence-corrected chi connectivity index (χ3v) is 1.84. The van der Waals surface area contributed by atoms with Crippen molar-refractivity contribution < 1.29 is 21.9 Å². The maximum atomic E-state index is 5.43. The van der Waals surface area contributed by atoms with Crippen LogP contribution < -0.4 is 12.4 Å². The smallest absolute Gasteiger partial charge is 1.00 e. The number of rotatable bonds is 1. The van der Waals surface area contributed by atoms with Crippen molar-refractivity contribution in [1.82, 2.24) is 0 Å². The van der Waals surface area contributed by atoms with Crippen molar-refractivity contribution in [3.63, 3.8) is 0 Å². The Bertz CT molecular complexity index is 237. The van der Waals surface area contributed by atoms with Crippen LogP contribution in [0.3, 0.4) is 0 Å². The molecule has 1 aliphatic heterocycles. The van der Waals surface area contributed by atoms with Crippen LogP contribution in [0, 0.1) is 6.07 Å². The number of benzene rings is 1. The van der Waals surface area contributed by atoms with Gasteiger partial charge in [0.1, 0.15) is 0 Å². The third kappa shape index (κ3) is 3.75. The number of halogens is 1. The molecule has 0 amide bonds. The second-order valence-corrected chi connectivity index (χ2v) is 2.76. The first-order valence-electron chi connectivity index (χ1n) is 4.16. The van der Waals surface area contributed by atoms with E-state index in [-0.39, 0.29) is 41.7 Å². The number of ether oxygens (including phenoxy) is 2. The molecule has 0 saturated carbocycles. The van der Waals surface area contributed by atoms with E-state index in [4.69, 9.17) is 9.47 Å². The molecule has 2 rings (SSSR count). The van der Waals surface area contributed by atoms with Gasteiger partial charge in [0.2, 0.25) is 0 Å². The molecular formula is C10H11ClMgO2. The van der Waals surface area contributed by atoms with Crippen molar-refractivity contribution in [3.05, 3.63) is 35.9 Å². The number of hydrogen-bond donors (Lipinski definition) is 0. The van der Waals surface area contributed by atoms with Gasteiger partial charge >= 0.3 is 23.1 Å². The van der Waals surface area contributed by atoms with Crippen molar-refractivity contribution in [1.29, 1.82) is 0 Å². The van der Waals surface area contributed by atoms with Crippen LogP contribution in [-0.4, -0.2) is 36.3 Å². The van der Waals surface area contributed by atoms with Crippen molar-refractivity contribution >= 4 is 23.1 Å². The summed E-state index contributed by atoms with van der Waals surface area (Å²) in [6.07, 6.45) is 0.837. The van der Waals surface area contributed by atoms with Gasteiger partial charge in [0.25, 0.3) is 0 Å². The van der Waals surface area contributed by atoms with Gasteiger partial charge in [-0.05, 0) is 6.42 Å². The second kappa shape index (κ2) is 7.48. The molecule has 0 unspecified atom stereocenters. The van der Waals surface area contributed by atoms with Crippen LogP contribution in [0.25, 0.3) is 0 Å². The van der Waals surface area contributed by atoms with E-state index in [0.29, 0.717) is 0 Å². The van der Waals surface area contributed by atoms with Gasteiger partial charge in [-0.3, -0.25) is 0 Å². The molecule has 0 aliphatic carbocycles. The normalized spacial score (nSPS) is 16.6. The van der Waals surface area contributed by atoms with Crippen LogP contribution in [0.4, 0.5) is 0 Å². The van der Waals surface area contributed by atoms with Gasteiger partial charge in [0, 0.05) is 0 Å². The average Bonchev–Trinajstić information content (AvgIpc) is 2.21. The van der Waals surface area contributed by atoms with E-state index in [9.17, 15) is 0 Å². The van der Waals surface area contributed by atoms with Gasteiger partial charge in [-0.15, -0.1) is 5.56 Å². The summed E-state index contributed by atoms with van der Waals surface area (Å²) in [6, 6.07) is 10.6. The Labute approximate surface area is 107 Å². The maximum Gasteiger partial charge on any atom is 2.00 e. The molecule has 72 valence electrons. The van der Waals surface area contributed by atoms with Crippen molar-refractivity contribution in [2.75, 3.05) is 13.2 Å². The Morgan fingerprint density at radius 1 is 1.14 bits per heavy atom. The fraction of sp³-hybridized carbons (Fsp3) is 0.400. The molecule has 1 saturated heterocycles. The molecule has 4 heteroatoms. The van der Waals surface area contributed by atoms with Gasteiger partial charge in [-0.2, -0.15) is 30.3 Å². The van der Waals surface area contributed by atoms with Crippen molar-refractivity contribution in [2.45, 2.75) is 12.7 Å². The molecule has 0 N–H and O–H groups in total. The summed E-state index contributed by atoms with van der Waals surface area (Å²) in [7, 11) is 0. The molecule has 1 fully saturated rings. The molecular weight excluding hydrogens is 212 g/mol. The van der Waals surface area contributed by atoms with Crippen LogP contribution >= 0.6 is 0 Å². The van der Waals surface area contributed by atoms with E-state index >= 15 is 0 Å². The average molecular weight is 223 g/mol. The third-order valence-electron chi connectivity index (χ3n) is 1.84. The van der Waals surface area contributed by atoms with Crippen LogP contribution in [0.1, 0.15) is 18.3 Å². The minimum atomic E-state index is -0.159. The number of hydrogen-bond acceptors (Lipinski definition) is 2. The van der Waals surface area contributed by atoms with Crippen molar-refractivity contribution in [3.8, 4) is 0 Å². The first kappa shape index (κ1) is 14.2. The Kier molecular flexibility index (Phi) is 7.59. The predicted molar refractivity (Wildman–Crippen MR) is 50.3 cm³/mol. The zero-order chi connectivity index (χ0) is 8.23. The predicted octanol–water partition coefficient (Wildman–Crippen LogP) is -1.45. The summed E-state index contributed by atoms with van der Waals surface area (Å²) in [5.41, 5.74) is 1.08. The first-order chi connectivity index (χ1) is 5.97. The second-order valence-electron chi connectivity index (χ2n) is 2.76. The molecule has 0 spiro atoms. The van der Waals surface area contributed by atoms with Gasteiger partial charge in [0.15, 0.2) is 6.29 Å². The van der Waals surface area contributed by atoms with Gasteiger partial charge in [-0.25, -0.2) is 0 Å². The summed E-state index contributed by atoms with van der Waals surface area (Å²) in [5, 5.41) is 0. The topological polar surface area (TPSA) is 18.5 Å². The summed E-state index contributed by atoms with van der Waals surface area (Å²) in [6.45, 7) is 1.59. The largest absolute Gasteiger partial charge is 2.00 e. The summed E-state index contributed by atoms with van der Waals surface area (Å²) in [4.78, 5) is 0. The molecule has 1 heterocycles. The quantitative estimate of drug-likeness (QED) is 0.428. The maximum absolute atomic E-state index is 5.43. The molecule has 0 atom stereocenters. The molecule has 0 bridgehead atoms. The van der Waals surface area contributed by atoms with Crippen LogP contribution in [0.15, 0.2) is 24.3 Å². The Morgan fingerprint density at radius 3 is 2.29 bits per heavy atom. The standard InChI is InChI=1S/C10H11O2.ClH.Mg/c1-2-5-9(6-3-1)10-11-7-4-8-12-10;;/h2-3,5-6,10H,4,7-8H2;1H;/q-1;;+2/p-1. The van der Waals surface area contributed by atoms with E-state index in [1.54, 1.807) is 0 Å². The summed E-state index contributed by atoms with van der Waals surface area (Å²) >= 11 is 0. The Hall–Kier alpha value is 0.196. The van der Waals surface area contributed by atoms with Crippen molar-refractivity contribution in [2.24, 2.45) is 0 Å². The zero-order valence-electron chi connectivity index (χ0n) is 7.91. The zero-order valence-corrected chi connectivity index (χ0v) is 10.1. The molecule has 1 aromatic rings. The molecule has 1 aromatic carbocycles. The molecule has 14 heavy (non-hydrogen) atoms. The van der Waals surface area contributed by atoms with Crippen LogP contribution in [0.2, 0.25) is 0 Å². The molecule has 0 aromatic heterocycles. The monoisotopic (exact) mass is 222 g/mol. The molecule has 0 radical (unpaired) electrons. The van der Waals surface area contributed by atoms with Crippen LogP contribution in [0.5, 0.6) is 0 Å². The van der Waals surface area contributed by atoms with Crippen LogP contribution in [-0.2, 0) is 9.47 Å². The first-order valence-corrected chi connectivity index (χ1v) is 4.16. The van der Waals surface area contributed by atoms with E-state index in [1.165, 1.54) is 0 Å². The Balaban J connectivity index is 0.000000845. The van der Waals surface area contributed by atoms with E-state index in [0.717, 1.165) is 25.2 Å².